The number of unbranched alkanes of at least 4 members (excludes halogenated alkanes) is 1. The third kappa shape index (κ3) is 6.59. The van der Waals surface area contributed by atoms with E-state index in [1.165, 1.54) is 5.56 Å². The molecule has 0 amide bonds. The van der Waals surface area contributed by atoms with Crippen LogP contribution < -0.4 is 10.5 Å². The monoisotopic (exact) mass is 404 g/mol. The van der Waals surface area contributed by atoms with Gasteiger partial charge < -0.3 is 20.6 Å². The van der Waals surface area contributed by atoms with Gasteiger partial charge in [-0.3, -0.25) is 0 Å². The minimum Gasteiger partial charge on any atom is -0.461 e. The summed E-state index contributed by atoms with van der Waals surface area (Å²) in [5.41, 5.74) is 11.0. The first-order chi connectivity index (χ1) is 14.5. The van der Waals surface area contributed by atoms with Crippen LogP contribution in [0.1, 0.15) is 44.7 Å². The van der Waals surface area contributed by atoms with Crippen molar-refractivity contribution in [2.45, 2.75) is 40.0 Å². The van der Waals surface area contributed by atoms with Crippen molar-refractivity contribution < 1.29 is 9.47 Å². The molecule has 0 saturated heterocycles. The zero-order valence-electron chi connectivity index (χ0n) is 18.5. The average Bonchev–Trinajstić information content (AvgIpc) is 2.74. The SMILES string of the molecule is CCCC#Cc1ccc(-c2ccc(CCN)cc2)c(O/C(C)=C(\C)C(=N)COC)c1. The molecule has 2 rings (SSSR count). The molecule has 0 aliphatic carbocycles. The van der Waals surface area contributed by atoms with E-state index in [0.717, 1.165) is 47.3 Å². The second-order valence-corrected chi connectivity index (χ2v) is 7.19. The Morgan fingerprint density at radius 3 is 2.47 bits per heavy atom. The molecular weight excluding hydrogens is 372 g/mol. The number of methoxy groups -OCH3 is 1. The highest BCUT2D eigenvalue weighted by molar-refractivity contribution is 5.98. The van der Waals surface area contributed by atoms with E-state index in [2.05, 4.69) is 43.0 Å². The lowest BCUT2D eigenvalue weighted by molar-refractivity contribution is 0.244. The van der Waals surface area contributed by atoms with E-state index < -0.39 is 0 Å². The number of nitrogens with two attached hydrogens (primary N) is 1. The fraction of sp³-hybridized carbons (Fsp3) is 0.346. The number of hydrogen-bond donors (Lipinski definition) is 2. The lowest BCUT2D eigenvalue weighted by atomic mass is 10.0. The van der Waals surface area contributed by atoms with Crippen LogP contribution >= 0.6 is 0 Å². The molecule has 3 N–H and O–H groups in total. The first-order valence-corrected chi connectivity index (χ1v) is 10.3. The first-order valence-electron chi connectivity index (χ1n) is 10.3. The maximum atomic E-state index is 8.13. The molecule has 0 unspecified atom stereocenters. The fourth-order valence-electron chi connectivity index (χ4n) is 2.94. The van der Waals surface area contributed by atoms with Crippen molar-refractivity contribution in [3.05, 3.63) is 64.9 Å². The number of hydrogen-bond acceptors (Lipinski definition) is 4. The lowest BCUT2D eigenvalue weighted by Gasteiger charge is -2.15. The Kier molecular flexibility index (Phi) is 9.34. The highest BCUT2D eigenvalue weighted by Crippen LogP contribution is 2.33. The van der Waals surface area contributed by atoms with E-state index >= 15 is 0 Å². The van der Waals surface area contributed by atoms with Gasteiger partial charge in [-0.1, -0.05) is 43.0 Å². The van der Waals surface area contributed by atoms with E-state index in [1.54, 1.807) is 7.11 Å². The van der Waals surface area contributed by atoms with Crippen molar-refractivity contribution in [2.24, 2.45) is 5.73 Å². The van der Waals surface area contributed by atoms with Gasteiger partial charge in [0.2, 0.25) is 0 Å². The third-order valence-corrected chi connectivity index (χ3v) is 4.82. The van der Waals surface area contributed by atoms with Crippen molar-refractivity contribution in [1.82, 2.24) is 0 Å². The zero-order chi connectivity index (χ0) is 21.9. The second-order valence-electron chi connectivity index (χ2n) is 7.19. The number of ether oxygens (including phenoxy) is 2. The molecule has 0 saturated carbocycles. The molecule has 30 heavy (non-hydrogen) atoms. The van der Waals surface area contributed by atoms with Gasteiger partial charge in [-0.2, -0.15) is 0 Å². The van der Waals surface area contributed by atoms with Crippen LogP contribution in [0.5, 0.6) is 5.75 Å². The molecule has 4 nitrogen and oxygen atoms in total. The van der Waals surface area contributed by atoms with E-state index in [4.69, 9.17) is 20.6 Å². The largest absolute Gasteiger partial charge is 0.461 e. The van der Waals surface area contributed by atoms with Crippen molar-refractivity contribution in [3.63, 3.8) is 0 Å². The molecule has 0 atom stereocenters. The smallest absolute Gasteiger partial charge is 0.135 e. The maximum Gasteiger partial charge on any atom is 0.135 e. The molecular formula is C26H32N2O2. The predicted molar refractivity (Wildman–Crippen MR) is 125 cm³/mol. The van der Waals surface area contributed by atoms with Crippen molar-refractivity contribution in [2.75, 3.05) is 20.3 Å². The summed E-state index contributed by atoms with van der Waals surface area (Å²) >= 11 is 0. The van der Waals surface area contributed by atoms with Gasteiger partial charge in [-0.05, 0) is 62.6 Å². The van der Waals surface area contributed by atoms with Gasteiger partial charge >= 0.3 is 0 Å². The first kappa shape index (κ1) is 23.4. The van der Waals surface area contributed by atoms with E-state index in [0.29, 0.717) is 18.0 Å². The minimum absolute atomic E-state index is 0.254. The second kappa shape index (κ2) is 12.0. The Balaban J connectivity index is 2.45. The molecule has 0 aromatic heterocycles. The molecule has 0 aliphatic heterocycles. The average molecular weight is 405 g/mol. The number of rotatable bonds is 9. The van der Waals surface area contributed by atoms with E-state index in [9.17, 15) is 0 Å². The number of benzene rings is 2. The summed E-state index contributed by atoms with van der Waals surface area (Å²) in [4.78, 5) is 0. The van der Waals surface area contributed by atoms with Gasteiger partial charge in [-0.25, -0.2) is 0 Å². The quantitative estimate of drug-likeness (QED) is 0.336. The van der Waals surface area contributed by atoms with Crippen LogP contribution in [0.15, 0.2) is 53.8 Å². The summed E-state index contributed by atoms with van der Waals surface area (Å²) < 4.78 is 11.3. The van der Waals surface area contributed by atoms with E-state index in [1.807, 2.05) is 32.0 Å². The van der Waals surface area contributed by atoms with Crippen LogP contribution in [0.25, 0.3) is 11.1 Å². The molecule has 4 heteroatoms. The minimum atomic E-state index is 0.254. The standard InChI is InChI=1S/C26H32N2O2/c1-5-6-7-8-22-11-14-24(23-12-9-21(10-13-23)15-16-27)26(17-22)30-20(3)19(2)25(28)18-29-4/h9-14,17,28H,5-6,15-16,18,27H2,1-4H3/b20-19+,28-25?. The summed E-state index contributed by atoms with van der Waals surface area (Å²) in [7, 11) is 1.59. The predicted octanol–water partition coefficient (Wildman–Crippen LogP) is 5.35. The summed E-state index contributed by atoms with van der Waals surface area (Å²) in [5, 5.41) is 8.13. The maximum absolute atomic E-state index is 8.13. The molecule has 0 spiro atoms. The molecule has 0 heterocycles. The summed E-state index contributed by atoms with van der Waals surface area (Å²) in [6.45, 7) is 6.76. The Hall–Kier alpha value is -2.87. The van der Waals surface area contributed by atoms with Gasteiger partial charge in [0, 0.05) is 30.2 Å². The Labute approximate surface area is 180 Å². The fourth-order valence-corrected chi connectivity index (χ4v) is 2.94. The van der Waals surface area contributed by atoms with Crippen LogP contribution in [0.3, 0.4) is 0 Å². The summed E-state index contributed by atoms with van der Waals surface area (Å²) in [5.74, 6) is 7.81. The highest BCUT2D eigenvalue weighted by Gasteiger charge is 2.12. The van der Waals surface area contributed by atoms with Crippen LogP contribution in [-0.2, 0) is 11.2 Å². The van der Waals surface area contributed by atoms with Gasteiger partial charge in [0.1, 0.15) is 11.5 Å². The van der Waals surface area contributed by atoms with Gasteiger partial charge in [0.25, 0.3) is 0 Å². The highest BCUT2D eigenvalue weighted by atomic mass is 16.5. The molecule has 2 aromatic carbocycles. The normalized spacial score (nSPS) is 11.4. The van der Waals surface area contributed by atoms with Crippen LogP contribution in [-0.4, -0.2) is 26.0 Å². The Morgan fingerprint density at radius 2 is 1.83 bits per heavy atom. The van der Waals surface area contributed by atoms with Gasteiger partial charge in [-0.15, -0.1) is 0 Å². The van der Waals surface area contributed by atoms with Crippen molar-refractivity contribution in [3.8, 4) is 28.7 Å². The lowest BCUT2D eigenvalue weighted by Crippen LogP contribution is -2.10. The Morgan fingerprint density at radius 1 is 1.10 bits per heavy atom. The number of allylic oxidation sites excluding steroid dienone is 1. The number of nitrogens with one attached hydrogen (secondary N) is 1. The molecule has 0 aliphatic rings. The molecule has 0 fully saturated rings. The van der Waals surface area contributed by atoms with E-state index in [-0.39, 0.29) is 6.61 Å². The molecule has 158 valence electrons. The third-order valence-electron chi connectivity index (χ3n) is 4.82. The summed E-state index contributed by atoms with van der Waals surface area (Å²) in [6.07, 6.45) is 2.76. The van der Waals surface area contributed by atoms with Crippen LogP contribution in [0.2, 0.25) is 0 Å². The zero-order valence-corrected chi connectivity index (χ0v) is 18.5. The van der Waals surface area contributed by atoms with Crippen molar-refractivity contribution >= 4 is 5.71 Å². The van der Waals surface area contributed by atoms with Gasteiger partial charge in [0.05, 0.1) is 12.3 Å². The molecule has 0 radical (unpaired) electrons. The summed E-state index contributed by atoms with van der Waals surface area (Å²) in [6, 6.07) is 14.4. The Bertz CT molecular complexity index is 947. The topological polar surface area (TPSA) is 68.3 Å². The van der Waals surface area contributed by atoms with Gasteiger partial charge in [0.15, 0.2) is 0 Å². The van der Waals surface area contributed by atoms with Crippen LogP contribution in [0, 0.1) is 17.3 Å². The van der Waals surface area contributed by atoms with Crippen molar-refractivity contribution in [1.29, 1.82) is 5.41 Å². The van der Waals surface area contributed by atoms with Crippen LogP contribution in [0.4, 0.5) is 0 Å². The molecule has 0 bridgehead atoms. The molecule has 2 aromatic rings.